The smallest absolute Gasteiger partial charge is 0.407 e. The number of likely N-dealkylation sites (tertiary alicyclic amines) is 2. The Hall–Kier alpha value is -5.76. The average molecular weight is 805 g/mol. The number of benzene rings is 1. The minimum absolute atomic E-state index is 0.115. The van der Waals surface area contributed by atoms with Crippen LogP contribution in [0.5, 0.6) is 0 Å². The number of hydrogen-bond acceptors (Lipinski definition) is 8. The quantitative estimate of drug-likeness (QED) is 0.211. The Bertz CT molecular complexity index is 2050. The summed E-state index contributed by atoms with van der Waals surface area (Å²) in [6.45, 7) is 8.77. The van der Waals surface area contributed by atoms with E-state index in [-0.39, 0.29) is 41.1 Å². The fourth-order valence-electron chi connectivity index (χ4n) is 9.42. The molecule has 0 bridgehead atoms. The van der Waals surface area contributed by atoms with Crippen molar-refractivity contribution in [1.29, 1.82) is 0 Å². The summed E-state index contributed by atoms with van der Waals surface area (Å²) in [6, 6.07) is 2.28. The molecule has 1 saturated carbocycles. The highest BCUT2D eigenvalue weighted by atomic mass is 16.5. The van der Waals surface area contributed by atoms with Gasteiger partial charge in [-0.1, -0.05) is 52.4 Å². The number of nitrogens with one attached hydrogen (secondary N) is 4. The molecule has 14 nitrogen and oxygen atoms in total. The lowest BCUT2D eigenvalue weighted by atomic mass is 9.83. The molecule has 4 N–H and O–H groups in total. The number of ether oxygens (including phenoxy) is 2. The molecule has 14 heteroatoms. The van der Waals surface area contributed by atoms with Crippen molar-refractivity contribution < 1.29 is 28.7 Å². The Balaban J connectivity index is 1.09. The van der Waals surface area contributed by atoms with E-state index in [4.69, 9.17) is 9.47 Å². The summed E-state index contributed by atoms with van der Waals surface area (Å²) in [6.07, 6.45) is 12.2. The van der Waals surface area contributed by atoms with Gasteiger partial charge in [0.2, 0.25) is 11.8 Å². The zero-order chi connectivity index (χ0) is 41.8. The van der Waals surface area contributed by atoms with E-state index in [0.717, 1.165) is 49.7 Å². The standard InChI is InChI=1S/C45H56N8O6/c1-27(2)37(50-43(56)58-5)41(54)52-21-9-11-35(52)39-46-25-31(48-39)17-15-29-13-14-30(34-24-45(23-33(29)34)19-7-8-20-45)16-18-32-26-47-40(49-32)36-12-10-22-53(36)42(55)38(28(3)4)51-44(57)59-6/h13-14,25-28,35-38H,7-12,19-24H2,1-6H3,(H,46,48)(H,47,49)(H,50,56)(H,51,57)/t35-,36?,37-,38-/m0/s1. The number of aromatic nitrogens is 4. The SMILES string of the molecule is COC(=O)N[C@H](C(=O)N1CCCC1c1ncc(C#Cc2ccc(C#Cc3cnc([C@@H]4CCCN4C(=O)[C@@H](NC(=O)OC)C(C)C)[nH]3)c3c2CC2(CCCC2)C3)[nH]1)C(C)C. The molecular formula is C45H56N8O6. The largest absolute Gasteiger partial charge is 0.453 e. The molecule has 1 aromatic carbocycles. The minimum atomic E-state index is -0.700. The Morgan fingerprint density at radius 3 is 1.51 bits per heavy atom. The van der Waals surface area contributed by atoms with Gasteiger partial charge in [0.15, 0.2) is 0 Å². The van der Waals surface area contributed by atoms with Crippen LogP contribution in [-0.4, -0.2) is 93.1 Å². The van der Waals surface area contributed by atoms with Crippen LogP contribution in [0, 0.1) is 40.9 Å². The highest BCUT2D eigenvalue weighted by Crippen LogP contribution is 2.50. The number of hydrogen-bond donors (Lipinski definition) is 4. The van der Waals surface area contributed by atoms with E-state index in [2.05, 4.69) is 66.4 Å². The van der Waals surface area contributed by atoms with Gasteiger partial charge in [0.1, 0.15) is 35.1 Å². The number of imidazole rings is 2. The summed E-state index contributed by atoms with van der Waals surface area (Å²) in [5, 5.41) is 5.40. The first-order chi connectivity index (χ1) is 28.4. The summed E-state index contributed by atoms with van der Waals surface area (Å²) >= 11 is 0. The number of nitrogens with zero attached hydrogens (tertiary/aromatic N) is 4. The van der Waals surface area contributed by atoms with Gasteiger partial charge in [0.25, 0.3) is 0 Å². The van der Waals surface area contributed by atoms with Crippen molar-refractivity contribution >= 4 is 24.0 Å². The molecule has 4 aliphatic rings. The van der Waals surface area contributed by atoms with Crippen molar-refractivity contribution in [2.75, 3.05) is 27.3 Å². The number of fused-ring (bicyclic) bond motifs is 1. The lowest BCUT2D eigenvalue weighted by Gasteiger charge is -2.29. The molecule has 2 aliphatic carbocycles. The monoisotopic (exact) mass is 804 g/mol. The first kappa shape index (κ1) is 41.4. The van der Waals surface area contributed by atoms with Gasteiger partial charge in [0.05, 0.1) is 38.7 Å². The molecule has 4 atom stereocenters. The van der Waals surface area contributed by atoms with Crippen molar-refractivity contribution in [3.05, 3.63) is 69.8 Å². The molecule has 59 heavy (non-hydrogen) atoms. The van der Waals surface area contributed by atoms with E-state index in [0.29, 0.717) is 36.1 Å². The van der Waals surface area contributed by atoms with Crippen LogP contribution in [0.15, 0.2) is 24.5 Å². The Morgan fingerprint density at radius 2 is 1.12 bits per heavy atom. The molecule has 3 aromatic rings. The number of amides is 4. The molecule has 4 amide bonds. The molecule has 2 saturated heterocycles. The number of H-pyrrole nitrogens is 2. The lowest BCUT2D eigenvalue weighted by molar-refractivity contribution is -0.136. The maximum Gasteiger partial charge on any atom is 0.407 e. The maximum absolute atomic E-state index is 13.6. The van der Waals surface area contributed by atoms with E-state index in [1.165, 1.54) is 51.0 Å². The number of aromatic amines is 2. The number of carbonyl (C=O) groups is 4. The maximum atomic E-state index is 13.6. The molecular weight excluding hydrogens is 749 g/mol. The van der Waals surface area contributed by atoms with Crippen LogP contribution in [0.2, 0.25) is 0 Å². The number of methoxy groups -OCH3 is 2. The van der Waals surface area contributed by atoms with E-state index in [1.807, 2.05) is 27.7 Å². The fraction of sp³-hybridized carbons (Fsp3) is 0.556. The lowest BCUT2D eigenvalue weighted by Crippen LogP contribution is -2.51. The van der Waals surface area contributed by atoms with Crippen molar-refractivity contribution in [2.45, 2.75) is 116 Å². The van der Waals surface area contributed by atoms with E-state index >= 15 is 0 Å². The highest BCUT2D eigenvalue weighted by Gasteiger charge is 2.42. The average Bonchev–Trinajstić information content (AvgIpc) is 4.08. The molecule has 0 radical (unpaired) electrons. The summed E-state index contributed by atoms with van der Waals surface area (Å²) in [5.74, 6) is 14.4. The molecule has 1 unspecified atom stereocenters. The molecule has 4 heterocycles. The third-order valence-corrected chi connectivity index (χ3v) is 12.5. The van der Waals surface area contributed by atoms with Crippen LogP contribution in [0.3, 0.4) is 0 Å². The highest BCUT2D eigenvalue weighted by molar-refractivity contribution is 5.87. The second-order valence-electron chi connectivity index (χ2n) is 17.1. The zero-order valence-electron chi connectivity index (χ0n) is 35.0. The molecule has 1 spiro atoms. The van der Waals surface area contributed by atoms with E-state index in [1.54, 1.807) is 22.2 Å². The molecule has 7 rings (SSSR count). The summed E-state index contributed by atoms with van der Waals surface area (Å²) in [4.78, 5) is 70.9. The van der Waals surface area contributed by atoms with Crippen LogP contribution in [0.25, 0.3) is 0 Å². The topological polar surface area (TPSA) is 175 Å². The number of carbonyl (C=O) groups excluding carboxylic acids is 4. The molecule has 3 fully saturated rings. The van der Waals surface area contributed by atoms with Crippen LogP contribution in [0.4, 0.5) is 9.59 Å². The summed E-state index contributed by atoms with van der Waals surface area (Å²) < 4.78 is 9.55. The zero-order valence-corrected chi connectivity index (χ0v) is 35.0. The van der Waals surface area contributed by atoms with Crippen LogP contribution in [0.1, 0.15) is 136 Å². The number of alkyl carbamates (subject to hydrolysis) is 2. The third kappa shape index (κ3) is 8.82. The van der Waals surface area contributed by atoms with Crippen molar-refractivity contribution in [2.24, 2.45) is 17.3 Å². The first-order valence-corrected chi connectivity index (χ1v) is 21.0. The second kappa shape index (κ2) is 17.6. The Morgan fingerprint density at radius 1 is 0.695 bits per heavy atom. The summed E-state index contributed by atoms with van der Waals surface area (Å²) in [5.41, 5.74) is 6.11. The van der Waals surface area contributed by atoms with Gasteiger partial charge in [-0.3, -0.25) is 9.59 Å². The van der Waals surface area contributed by atoms with Crippen LogP contribution >= 0.6 is 0 Å². The van der Waals surface area contributed by atoms with Gasteiger partial charge in [-0.2, -0.15) is 0 Å². The van der Waals surface area contributed by atoms with Gasteiger partial charge < -0.3 is 39.9 Å². The van der Waals surface area contributed by atoms with Gasteiger partial charge in [-0.25, -0.2) is 19.6 Å². The second-order valence-corrected chi connectivity index (χ2v) is 17.1. The van der Waals surface area contributed by atoms with Gasteiger partial charge in [-0.15, -0.1) is 0 Å². The first-order valence-electron chi connectivity index (χ1n) is 21.0. The number of rotatable bonds is 8. The molecule has 2 aliphatic heterocycles. The van der Waals surface area contributed by atoms with Gasteiger partial charge in [-0.05, 0) is 104 Å². The third-order valence-electron chi connectivity index (χ3n) is 12.5. The Labute approximate surface area is 346 Å². The van der Waals surface area contributed by atoms with Crippen molar-refractivity contribution in [3.8, 4) is 23.7 Å². The predicted molar refractivity (Wildman–Crippen MR) is 220 cm³/mol. The van der Waals surface area contributed by atoms with Crippen LogP contribution < -0.4 is 10.6 Å². The minimum Gasteiger partial charge on any atom is -0.453 e. The Kier molecular flexibility index (Phi) is 12.4. The normalized spacial score (nSPS) is 20.1. The van der Waals surface area contributed by atoms with E-state index < -0.39 is 24.3 Å². The van der Waals surface area contributed by atoms with Crippen LogP contribution in [-0.2, 0) is 31.9 Å². The summed E-state index contributed by atoms with van der Waals surface area (Å²) in [7, 11) is 2.58. The molecule has 312 valence electrons. The van der Waals surface area contributed by atoms with Crippen molar-refractivity contribution in [1.82, 2.24) is 40.4 Å². The predicted octanol–water partition coefficient (Wildman–Crippen LogP) is 5.68. The van der Waals surface area contributed by atoms with Gasteiger partial charge >= 0.3 is 12.2 Å². The van der Waals surface area contributed by atoms with Gasteiger partial charge in [0, 0.05) is 24.2 Å². The fourth-order valence-corrected chi connectivity index (χ4v) is 9.42. The molecule has 2 aromatic heterocycles. The van der Waals surface area contributed by atoms with E-state index in [9.17, 15) is 19.2 Å². The van der Waals surface area contributed by atoms with Crippen molar-refractivity contribution in [3.63, 3.8) is 0 Å².